The van der Waals surface area contributed by atoms with E-state index in [2.05, 4.69) is 10.3 Å². The van der Waals surface area contributed by atoms with Crippen molar-refractivity contribution in [3.05, 3.63) is 23.8 Å². The number of nitrogens with one attached hydrogen (secondary N) is 1. The maximum Gasteiger partial charge on any atom is 0.323 e. The van der Waals surface area contributed by atoms with Crippen LogP contribution < -0.4 is 5.32 Å². The predicted octanol–water partition coefficient (Wildman–Crippen LogP) is 1.86. The van der Waals surface area contributed by atoms with E-state index in [1.54, 1.807) is 4.57 Å². The van der Waals surface area contributed by atoms with Crippen LogP contribution in [0.25, 0.3) is 11.0 Å². The predicted molar refractivity (Wildman–Crippen MR) is 66.3 cm³/mol. The molecule has 0 unspecified atom stereocenters. The van der Waals surface area contributed by atoms with E-state index in [4.69, 9.17) is 5.11 Å². The van der Waals surface area contributed by atoms with Crippen LogP contribution in [-0.4, -0.2) is 27.2 Å². The van der Waals surface area contributed by atoms with E-state index in [0.717, 1.165) is 16.6 Å². The van der Waals surface area contributed by atoms with Crippen molar-refractivity contribution in [2.45, 2.75) is 20.4 Å². The molecule has 1 aromatic carbocycles. The van der Waals surface area contributed by atoms with E-state index in [-0.39, 0.29) is 6.54 Å². The van der Waals surface area contributed by atoms with Gasteiger partial charge in [0.2, 0.25) is 5.95 Å². The third-order valence-electron chi connectivity index (χ3n) is 2.53. The van der Waals surface area contributed by atoms with Gasteiger partial charge in [-0.1, -0.05) is 6.07 Å². The van der Waals surface area contributed by atoms with Crippen LogP contribution in [0.3, 0.4) is 0 Å². The van der Waals surface area contributed by atoms with Gasteiger partial charge in [0.05, 0.1) is 11.0 Å². The smallest absolute Gasteiger partial charge is 0.323 e. The molecule has 0 saturated heterocycles. The van der Waals surface area contributed by atoms with Gasteiger partial charge in [0.15, 0.2) is 0 Å². The van der Waals surface area contributed by atoms with E-state index in [9.17, 15) is 4.79 Å². The minimum atomic E-state index is -0.871. The Kier molecular flexibility index (Phi) is 2.99. The van der Waals surface area contributed by atoms with Gasteiger partial charge in [-0.15, -0.1) is 0 Å². The summed E-state index contributed by atoms with van der Waals surface area (Å²) in [6.45, 7) is 4.57. The van der Waals surface area contributed by atoms with Gasteiger partial charge < -0.3 is 10.4 Å². The summed E-state index contributed by atoms with van der Waals surface area (Å²) in [5, 5.41) is 12.0. The monoisotopic (exact) mass is 233 g/mol. The quantitative estimate of drug-likeness (QED) is 0.845. The molecule has 1 heterocycles. The summed E-state index contributed by atoms with van der Waals surface area (Å²) in [6.07, 6.45) is 0. The van der Waals surface area contributed by atoms with Gasteiger partial charge in [-0.05, 0) is 31.5 Å². The number of fused-ring (bicyclic) bond motifs is 1. The van der Waals surface area contributed by atoms with E-state index in [1.165, 1.54) is 0 Å². The van der Waals surface area contributed by atoms with Crippen molar-refractivity contribution < 1.29 is 9.90 Å². The molecule has 0 amide bonds. The maximum atomic E-state index is 10.9. The van der Waals surface area contributed by atoms with Crippen LogP contribution in [0.2, 0.25) is 0 Å². The van der Waals surface area contributed by atoms with Crippen molar-refractivity contribution in [1.29, 1.82) is 0 Å². The first kappa shape index (κ1) is 11.4. The molecule has 0 aliphatic heterocycles. The first-order valence-electron chi connectivity index (χ1n) is 5.54. The molecule has 0 saturated carbocycles. The van der Waals surface area contributed by atoms with Gasteiger partial charge in [0.25, 0.3) is 0 Å². The van der Waals surface area contributed by atoms with Crippen molar-refractivity contribution in [1.82, 2.24) is 9.55 Å². The average molecular weight is 233 g/mol. The summed E-state index contributed by atoms with van der Waals surface area (Å²) in [6, 6.07) is 5.81. The number of carboxylic acid groups (broad SMARTS) is 1. The summed E-state index contributed by atoms with van der Waals surface area (Å²) in [5.74, 6) is -0.264. The first-order chi connectivity index (χ1) is 8.11. The number of benzene rings is 1. The van der Waals surface area contributed by atoms with Crippen molar-refractivity contribution in [3.63, 3.8) is 0 Å². The molecule has 0 aliphatic rings. The number of carbonyl (C=O) groups is 1. The minimum absolute atomic E-state index is 0.0815. The fourth-order valence-electron chi connectivity index (χ4n) is 1.83. The molecule has 90 valence electrons. The Morgan fingerprint density at radius 1 is 1.53 bits per heavy atom. The van der Waals surface area contributed by atoms with Crippen LogP contribution in [0.4, 0.5) is 5.95 Å². The molecule has 1 aromatic heterocycles. The second kappa shape index (κ2) is 4.45. The maximum absolute atomic E-state index is 10.9. The van der Waals surface area contributed by atoms with Crippen molar-refractivity contribution in [2.75, 3.05) is 11.9 Å². The molecule has 2 aromatic rings. The number of hydrogen-bond acceptors (Lipinski definition) is 3. The largest absolute Gasteiger partial charge is 0.480 e. The van der Waals surface area contributed by atoms with E-state index in [0.29, 0.717) is 12.5 Å². The molecule has 5 nitrogen and oxygen atoms in total. The lowest BCUT2D eigenvalue weighted by Gasteiger charge is -2.06. The second-order valence-corrected chi connectivity index (χ2v) is 3.94. The number of hydrogen-bond donors (Lipinski definition) is 2. The van der Waals surface area contributed by atoms with Gasteiger partial charge in [-0.25, -0.2) is 4.98 Å². The fraction of sp³-hybridized carbons (Fsp3) is 0.333. The molecule has 2 rings (SSSR count). The second-order valence-electron chi connectivity index (χ2n) is 3.94. The average Bonchev–Trinajstić information content (AvgIpc) is 2.56. The van der Waals surface area contributed by atoms with E-state index in [1.807, 2.05) is 32.0 Å². The zero-order valence-corrected chi connectivity index (χ0v) is 9.90. The number of rotatable bonds is 4. The van der Waals surface area contributed by atoms with Gasteiger partial charge >= 0.3 is 5.97 Å². The molecular formula is C12H15N3O2. The molecule has 0 fully saturated rings. The van der Waals surface area contributed by atoms with Crippen LogP contribution in [0, 0.1) is 6.92 Å². The Morgan fingerprint density at radius 3 is 2.94 bits per heavy atom. The highest BCUT2D eigenvalue weighted by atomic mass is 16.4. The van der Waals surface area contributed by atoms with Gasteiger partial charge in [0, 0.05) is 6.54 Å². The number of nitrogens with zero attached hydrogens (tertiary/aromatic N) is 2. The minimum Gasteiger partial charge on any atom is -0.480 e. The van der Waals surface area contributed by atoms with Gasteiger partial charge in [-0.3, -0.25) is 9.36 Å². The third kappa shape index (κ3) is 2.22. The number of carboxylic acids is 1. The zero-order chi connectivity index (χ0) is 12.4. The summed E-state index contributed by atoms with van der Waals surface area (Å²) < 4.78 is 1.68. The number of imidazole rings is 1. The van der Waals surface area contributed by atoms with Crippen molar-refractivity contribution in [2.24, 2.45) is 0 Å². The molecule has 0 atom stereocenters. The highest BCUT2D eigenvalue weighted by Gasteiger charge is 2.12. The lowest BCUT2D eigenvalue weighted by Crippen LogP contribution is -2.12. The Balaban J connectivity index is 2.57. The fourth-order valence-corrected chi connectivity index (χ4v) is 1.83. The SMILES string of the molecule is CCNc1nc2cc(C)ccc2n1CC(=O)O. The zero-order valence-electron chi connectivity index (χ0n) is 9.90. The van der Waals surface area contributed by atoms with Crippen LogP contribution in [0.15, 0.2) is 18.2 Å². The Labute approximate surface area is 99.1 Å². The Hall–Kier alpha value is -2.04. The molecule has 0 radical (unpaired) electrons. The molecule has 5 heteroatoms. The number of aryl methyl sites for hydroxylation is 1. The third-order valence-corrected chi connectivity index (χ3v) is 2.53. The van der Waals surface area contributed by atoms with E-state index >= 15 is 0 Å². The molecule has 2 N–H and O–H groups in total. The van der Waals surface area contributed by atoms with Gasteiger partial charge in [-0.2, -0.15) is 0 Å². The molecule has 0 spiro atoms. The van der Waals surface area contributed by atoms with Crippen LogP contribution in [0.1, 0.15) is 12.5 Å². The van der Waals surface area contributed by atoms with Crippen LogP contribution in [-0.2, 0) is 11.3 Å². The Bertz CT molecular complexity index is 560. The lowest BCUT2D eigenvalue weighted by molar-refractivity contribution is -0.137. The lowest BCUT2D eigenvalue weighted by atomic mass is 10.2. The molecular weight excluding hydrogens is 218 g/mol. The highest BCUT2D eigenvalue weighted by Crippen LogP contribution is 2.20. The molecule has 0 bridgehead atoms. The van der Waals surface area contributed by atoms with Crippen LogP contribution >= 0.6 is 0 Å². The van der Waals surface area contributed by atoms with Crippen molar-refractivity contribution in [3.8, 4) is 0 Å². The first-order valence-corrected chi connectivity index (χ1v) is 5.54. The highest BCUT2D eigenvalue weighted by molar-refractivity contribution is 5.81. The number of anilines is 1. The molecule has 17 heavy (non-hydrogen) atoms. The summed E-state index contributed by atoms with van der Waals surface area (Å²) >= 11 is 0. The van der Waals surface area contributed by atoms with Crippen LogP contribution in [0.5, 0.6) is 0 Å². The number of aliphatic carboxylic acids is 1. The van der Waals surface area contributed by atoms with Crippen molar-refractivity contribution >= 4 is 23.0 Å². The summed E-state index contributed by atoms with van der Waals surface area (Å²) in [4.78, 5) is 15.3. The number of aromatic nitrogens is 2. The summed E-state index contributed by atoms with van der Waals surface area (Å²) in [5.41, 5.74) is 2.77. The Morgan fingerprint density at radius 2 is 2.29 bits per heavy atom. The summed E-state index contributed by atoms with van der Waals surface area (Å²) in [7, 11) is 0. The standard InChI is InChI=1S/C12H15N3O2/c1-3-13-12-14-9-6-8(2)4-5-10(9)15(12)7-11(16)17/h4-6H,3,7H2,1-2H3,(H,13,14)(H,16,17). The molecule has 0 aliphatic carbocycles. The van der Waals surface area contributed by atoms with E-state index < -0.39 is 5.97 Å². The van der Waals surface area contributed by atoms with Gasteiger partial charge in [0.1, 0.15) is 6.54 Å². The normalized spacial score (nSPS) is 10.7. The topological polar surface area (TPSA) is 67.2 Å².